The summed E-state index contributed by atoms with van der Waals surface area (Å²) < 4.78 is 47.7. The summed E-state index contributed by atoms with van der Waals surface area (Å²) in [5, 5.41) is 0. The molecule has 1 aromatic carbocycles. The molecule has 0 atom stereocenters. The van der Waals surface area contributed by atoms with Crippen LogP contribution >= 0.6 is 0 Å². The van der Waals surface area contributed by atoms with Crippen LogP contribution in [0.2, 0.25) is 0 Å². The van der Waals surface area contributed by atoms with E-state index in [-0.39, 0.29) is 0 Å². The highest BCUT2D eigenvalue weighted by Gasteiger charge is 2.28. The number of carbonyl (C=O) groups is 1. The summed E-state index contributed by atoms with van der Waals surface area (Å²) in [7, 11) is 0. The van der Waals surface area contributed by atoms with E-state index in [0.29, 0.717) is 11.4 Å². The summed E-state index contributed by atoms with van der Waals surface area (Å²) in [5.41, 5.74) is 5.99. The van der Waals surface area contributed by atoms with Gasteiger partial charge < -0.3 is 15.2 Å². The van der Waals surface area contributed by atoms with Gasteiger partial charge in [0.2, 0.25) is 0 Å². The van der Waals surface area contributed by atoms with Crippen molar-refractivity contribution in [2.45, 2.75) is 6.36 Å². The smallest absolute Gasteiger partial charge is 0.482 e. The zero-order valence-corrected chi connectivity index (χ0v) is 9.77. The molecular weight excluding hydrogens is 267 g/mol. The van der Waals surface area contributed by atoms with Crippen LogP contribution in [-0.4, -0.2) is 32.2 Å². The van der Waals surface area contributed by atoms with Crippen LogP contribution in [0.5, 0.6) is 5.75 Å². The van der Waals surface area contributed by atoms with Crippen LogP contribution in [0.15, 0.2) is 24.3 Å². The zero-order chi connectivity index (χ0) is 14.3. The third kappa shape index (κ3) is 7.14. The van der Waals surface area contributed by atoms with Crippen molar-refractivity contribution >= 4 is 11.7 Å². The quantitative estimate of drug-likeness (QED) is 0.488. The summed E-state index contributed by atoms with van der Waals surface area (Å²) >= 11 is 0. The Kier molecular flexibility index (Phi) is 5.43. The summed E-state index contributed by atoms with van der Waals surface area (Å²) in [6.07, 6.45) is -4.73. The third-order valence-electron chi connectivity index (χ3n) is 1.85. The Balaban J connectivity index is 2.16. The number of hydrogen-bond acceptors (Lipinski definition) is 5. The Bertz CT molecular complexity index is 405. The Labute approximate surface area is 107 Å². The molecule has 0 radical (unpaired) electrons. The Morgan fingerprint density at radius 1 is 1.16 bits per heavy atom. The predicted octanol–water partition coefficient (Wildman–Crippen LogP) is 1.73. The SMILES string of the molecule is Nc1ccc(OCC(=O)OCCOC(F)(F)F)cc1. The molecule has 2 N–H and O–H groups in total. The lowest BCUT2D eigenvalue weighted by Gasteiger charge is -2.09. The maximum Gasteiger partial charge on any atom is 0.522 e. The highest BCUT2D eigenvalue weighted by Crippen LogP contribution is 2.15. The maximum absolute atomic E-state index is 11.6. The fourth-order valence-corrected chi connectivity index (χ4v) is 1.06. The van der Waals surface area contributed by atoms with Gasteiger partial charge in [-0.3, -0.25) is 4.74 Å². The van der Waals surface area contributed by atoms with Gasteiger partial charge in [-0.15, -0.1) is 13.2 Å². The maximum atomic E-state index is 11.6. The average molecular weight is 279 g/mol. The number of benzene rings is 1. The molecule has 0 bridgehead atoms. The van der Waals surface area contributed by atoms with Gasteiger partial charge in [-0.2, -0.15) is 0 Å². The van der Waals surface area contributed by atoms with E-state index in [1.807, 2.05) is 0 Å². The number of rotatable bonds is 6. The van der Waals surface area contributed by atoms with Crippen LogP contribution in [0.3, 0.4) is 0 Å². The molecule has 0 aliphatic rings. The van der Waals surface area contributed by atoms with Crippen LogP contribution in [0.25, 0.3) is 0 Å². The fourth-order valence-electron chi connectivity index (χ4n) is 1.06. The molecule has 0 amide bonds. The van der Waals surface area contributed by atoms with Crippen molar-refractivity contribution in [2.24, 2.45) is 0 Å². The van der Waals surface area contributed by atoms with Crippen LogP contribution in [0, 0.1) is 0 Å². The van der Waals surface area contributed by atoms with E-state index in [4.69, 9.17) is 10.5 Å². The normalized spacial score (nSPS) is 11.1. The molecule has 0 fully saturated rings. The number of nitrogens with two attached hydrogens (primary N) is 1. The lowest BCUT2D eigenvalue weighted by atomic mass is 10.3. The number of nitrogen functional groups attached to an aromatic ring is 1. The van der Waals surface area contributed by atoms with Gasteiger partial charge in [0.05, 0.1) is 6.61 Å². The zero-order valence-electron chi connectivity index (χ0n) is 9.77. The number of alkyl halides is 3. The van der Waals surface area contributed by atoms with Gasteiger partial charge in [-0.05, 0) is 24.3 Å². The molecule has 0 heterocycles. The Morgan fingerprint density at radius 3 is 2.37 bits per heavy atom. The highest BCUT2D eigenvalue weighted by atomic mass is 19.4. The monoisotopic (exact) mass is 279 g/mol. The number of hydrogen-bond donors (Lipinski definition) is 1. The number of carbonyl (C=O) groups excluding carboxylic acids is 1. The largest absolute Gasteiger partial charge is 0.522 e. The molecule has 0 aliphatic heterocycles. The number of esters is 1. The van der Waals surface area contributed by atoms with E-state index >= 15 is 0 Å². The molecule has 0 saturated carbocycles. The summed E-state index contributed by atoms with van der Waals surface area (Å²) in [4.78, 5) is 11.1. The minimum atomic E-state index is -4.73. The van der Waals surface area contributed by atoms with Crippen molar-refractivity contribution in [2.75, 3.05) is 25.6 Å². The van der Waals surface area contributed by atoms with E-state index < -0.39 is 32.2 Å². The van der Waals surface area contributed by atoms with Crippen molar-refractivity contribution in [3.05, 3.63) is 24.3 Å². The molecule has 0 unspecified atom stereocenters. The first-order chi connectivity index (χ1) is 8.87. The van der Waals surface area contributed by atoms with Crippen molar-refractivity contribution < 1.29 is 32.2 Å². The predicted molar refractivity (Wildman–Crippen MR) is 59.3 cm³/mol. The summed E-state index contributed by atoms with van der Waals surface area (Å²) in [6, 6.07) is 6.26. The summed E-state index contributed by atoms with van der Waals surface area (Å²) in [5.74, 6) is -0.389. The lowest BCUT2D eigenvalue weighted by Crippen LogP contribution is -2.21. The molecule has 0 aromatic heterocycles. The highest BCUT2D eigenvalue weighted by molar-refractivity contribution is 5.71. The number of ether oxygens (including phenoxy) is 3. The third-order valence-corrected chi connectivity index (χ3v) is 1.85. The van der Waals surface area contributed by atoms with Gasteiger partial charge >= 0.3 is 12.3 Å². The van der Waals surface area contributed by atoms with Gasteiger partial charge in [-0.25, -0.2) is 4.79 Å². The van der Waals surface area contributed by atoms with E-state index in [2.05, 4.69) is 9.47 Å². The molecule has 0 aliphatic carbocycles. The van der Waals surface area contributed by atoms with E-state index in [9.17, 15) is 18.0 Å². The van der Waals surface area contributed by atoms with Crippen LogP contribution in [0.1, 0.15) is 0 Å². The molecule has 5 nitrogen and oxygen atoms in total. The molecule has 106 valence electrons. The first-order valence-electron chi connectivity index (χ1n) is 5.21. The molecular formula is C11H12F3NO4. The minimum Gasteiger partial charge on any atom is -0.482 e. The second-order valence-corrected chi connectivity index (χ2v) is 3.37. The Hall–Kier alpha value is -1.96. The Morgan fingerprint density at radius 2 is 1.79 bits per heavy atom. The lowest BCUT2D eigenvalue weighted by molar-refractivity contribution is -0.326. The number of anilines is 1. The van der Waals surface area contributed by atoms with Gasteiger partial charge in [0.25, 0.3) is 0 Å². The molecule has 1 aromatic rings. The van der Waals surface area contributed by atoms with Gasteiger partial charge in [0.15, 0.2) is 6.61 Å². The fraction of sp³-hybridized carbons (Fsp3) is 0.364. The molecule has 1 rings (SSSR count). The van der Waals surface area contributed by atoms with Gasteiger partial charge in [0, 0.05) is 5.69 Å². The van der Waals surface area contributed by atoms with Crippen molar-refractivity contribution in [3.8, 4) is 5.75 Å². The van der Waals surface area contributed by atoms with Crippen LogP contribution < -0.4 is 10.5 Å². The van der Waals surface area contributed by atoms with Gasteiger partial charge in [0.1, 0.15) is 12.4 Å². The van der Waals surface area contributed by atoms with E-state index in [1.165, 1.54) is 0 Å². The minimum absolute atomic E-state index is 0.401. The summed E-state index contributed by atoms with van der Waals surface area (Å²) in [6.45, 7) is -1.66. The van der Waals surface area contributed by atoms with Crippen LogP contribution in [0.4, 0.5) is 18.9 Å². The standard InChI is InChI=1S/C11H12F3NO4/c12-11(13,14)19-6-5-17-10(16)7-18-9-3-1-8(15)2-4-9/h1-4H,5-7,15H2. The topological polar surface area (TPSA) is 70.8 Å². The van der Waals surface area contributed by atoms with Crippen LogP contribution in [-0.2, 0) is 14.3 Å². The van der Waals surface area contributed by atoms with Gasteiger partial charge in [-0.1, -0.05) is 0 Å². The molecule has 0 saturated heterocycles. The molecule has 8 heteroatoms. The first kappa shape index (κ1) is 15.1. The average Bonchev–Trinajstić information content (AvgIpc) is 2.33. The molecule has 19 heavy (non-hydrogen) atoms. The molecule has 0 spiro atoms. The van der Waals surface area contributed by atoms with E-state index in [1.54, 1.807) is 24.3 Å². The van der Waals surface area contributed by atoms with Crippen molar-refractivity contribution in [1.82, 2.24) is 0 Å². The van der Waals surface area contributed by atoms with Crippen molar-refractivity contribution in [3.63, 3.8) is 0 Å². The van der Waals surface area contributed by atoms with E-state index in [0.717, 1.165) is 0 Å². The second-order valence-electron chi connectivity index (χ2n) is 3.37. The first-order valence-corrected chi connectivity index (χ1v) is 5.21. The number of halogens is 3. The second kappa shape index (κ2) is 6.83. The van der Waals surface area contributed by atoms with Crippen molar-refractivity contribution in [1.29, 1.82) is 0 Å².